The Morgan fingerprint density at radius 1 is 1.30 bits per heavy atom. The molecule has 52 valence electrons. The van der Waals surface area contributed by atoms with Crippen molar-refractivity contribution in [1.29, 1.82) is 0 Å². The first-order valence-electron chi connectivity index (χ1n) is 2.99. The van der Waals surface area contributed by atoms with Crippen molar-refractivity contribution in [3.05, 3.63) is 35.9 Å². The van der Waals surface area contributed by atoms with Gasteiger partial charge in [0.25, 0.3) is 0 Å². The zero-order chi connectivity index (χ0) is 7.40. The van der Waals surface area contributed by atoms with Crippen LogP contribution in [0, 0.1) is 0 Å². The Labute approximate surface area is 79.8 Å². The van der Waals surface area contributed by atoms with Crippen LogP contribution in [0.15, 0.2) is 30.3 Å². The summed E-state index contributed by atoms with van der Waals surface area (Å²) in [6.45, 7) is 0. The van der Waals surface area contributed by atoms with Crippen LogP contribution in [-0.4, -0.2) is 9.29 Å². The van der Waals surface area contributed by atoms with Gasteiger partial charge in [-0.25, -0.2) is 0 Å². The molecule has 0 bridgehead atoms. The summed E-state index contributed by atoms with van der Waals surface area (Å²) in [5.41, 5.74) is 1.17. The van der Waals surface area contributed by atoms with E-state index in [0.29, 0.717) is 0 Å². The Hall–Kier alpha value is 0.0400. The number of hydrogen-bond acceptors (Lipinski definition) is 1. The Balaban J connectivity index is 2.85. The summed E-state index contributed by atoms with van der Waals surface area (Å²) < 4.78 is 0.928. The molecule has 0 N–H and O–H groups in total. The molecule has 0 radical (unpaired) electrons. The molecule has 1 aromatic carbocycles. The fourth-order valence-electron chi connectivity index (χ4n) is 0.701. The third-order valence-electron chi connectivity index (χ3n) is 1.22. The van der Waals surface area contributed by atoms with Crippen LogP contribution in [0.25, 0.3) is 0 Å². The van der Waals surface area contributed by atoms with Crippen molar-refractivity contribution in [2.45, 2.75) is 0 Å². The molecule has 0 amide bonds. The van der Waals surface area contributed by atoms with Gasteiger partial charge in [-0.05, 0) is 5.56 Å². The van der Waals surface area contributed by atoms with Crippen molar-refractivity contribution >= 4 is 39.7 Å². The van der Waals surface area contributed by atoms with Crippen LogP contribution in [0.4, 0.5) is 0 Å². The van der Waals surface area contributed by atoms with Gasteiger partial charge in [0.15, 0.2) is 0 Å². The van der Waals surface area contributed by atoms with Crippen molar-refractivity contribution in [2.24, 2.45) is 0 Å². The summed E-state index contributed by atoms with van der Waals surface area (Å²) in [5, 5.41) is 0. The van der Waals surface area contributed by atoms with Crippen LogP contribution in [0.1, 0.15) is 5.56 Å². The second kappa shape index (κ2) is 4.03. The molecular formula is C8H7IS. The maximum atomic E-state index is 5.11. The summed E-state index contributed by atoms with van der Waals surface area (Å²) in [6, 6.07) is 10.1. The maximum absolute atomic E-state index is 5.11. The zero-order valence-corrected chi connectivity index (χ0v) is 8.35. The molecule has 0 saturated carbocycles. The van der Waals surface area contributed by atoms with Crippen molar-refractivity contribution in [2.75, 3.05) is 4.43 Å². The number of hydrogen-bond donors (Lipinski definition) is 0. The van der Waals surface area contributed by atoms with Gasteiger partial charge in [-0.1, -0.05) is 65.1 Å². The minimum Gasteiger partial charge on any atom is -0.0834 e. The molecule has 0 nitrogen and oxygen atoms in total. The van der Waals surface area contributed by atoms with Crippen molar-refractivity contribution in [3.8, 4) is 0 Å². The summed E-state index contributed by atoms with van der Waals surface area (Å²) >= 11 is 7.39. The zero-order valence-electron chi connectivity index (χ0n) is 5.38. The fraction of sp³-hybridized carbons (Fsp3) is 0.125. The van der Waals surface area contributed by atoms with Gasteiger partial charge in [-0.2, -0.15) is 0 Å². The Bertz CT molecular complexity index is 218. The van der Waals surface area contributed by atoms with Crippen LogP contribution >= 0.6 is 34.8 Å². The highest BCUT2D eigenvalue weighted by Crippen LogP contribution is 2.03. The quantitative estimate of drug-likeness (QED) is 0.342. The smallest absolute Gasteiger partial charge is 0.0355 e. The predicted molar refractivity (Wildman–Crippen MR) is 57.0 cm³/mol. The first-order valence-corrected chi connectivity index (χ1v) is 4.92. The monoisotopic (exact) mass is 262 g/mol. The van der Waals surface area contributed by atoms with Crippen LogP contribution in [-0.2, 0) is 0 Å². The topological polar surface area (TPSA) is 0 Å². The average molecular weight is 262 g/mol. The van der Waals surface area contributed by atoms with Gasteiger partial charge in [0.05, 0.1) is 0 Å². The first-order chi connectivity index (χ1) is 4.84. The lowest BCUT2D eigenvalue weighted by Crippen LogP contribution is -1.96. The minimum atomic E-state index is 0.928. The highest BCUT2D eigenvalue weighted by atomic mass is 127. The van der Waals surface area contributed by atoms with E-state index in [1.807, 2.05) is 30.3 Å². The Morgan fingerprint density at radius 2 is 1.90 bits per heavy atom. The second-order valence-electron chi connectivity index (χ2n) is 1.92. The van der Waals surface area contributed by atoms with Crippen molar-refractivity contribution in [1.82, 2.24) is 0 Å². The molecule has 0 heterocycles. The molecule has 10 heavy (non-hydrogen) atoms. The first kappa shape index (κ1) is 8.14. The van der Waals surface area contributed by atoms with Gasteiger partial charge in [0.1, 0.15) is 0 Å². The Kier molecular flexibility index (Phi) is 3.28. The molecular weight excluding hydrogens is 255 g/mol. The summed E-state index contributed by atoms with van der Waals surface area (Å²) in [4.78, 5) is 1.03. The summed E-state index contributed by atoms with van der Waals surface area (Å²) in [5.74, 6) is 0. The van der Waals surface area contributed by atoms with Crippen LogP contribution < -0.4 is 0 Å². The largest absolute Gasteiger partial charge is 0.0834 e. The number of halogens is 1. The lowest BCUT2D eigenvalue weighted by molar-refractivity contribution is 1.66. The normalized spacial score (nSPS) is 9.30. The standard InChI is InChI=1S/C8H7IS/c9-6-8(10)7-4-2-1-3-5-7/h1-5H,6H2. The Morgan fingerprint density at radius 3 is 2.40 bits per heavy atom. The van der Waals surface area contributed by atoms with Gasteiger partial charge < -0.3 is 0 Å². The SMILES string of the molecule is S=C(CI)c1ccccc1. The van der Waals surface area contributed by atoms with Crippen molar-refractivity contribution in [3.63, 3.8) is 0 Å². The second-order valence-corrected chi connectivity index (χ2v) is 3.18. The molecule has 0 aliphatic heterocycles. The third kappa shape index (κ3) is 2.02. The molecule has 0 aromatic heterocycles. The molecule has 0 spiro atoms. The summed E-state index contributed by atoms with van der Waals surface area (Å²) in [6.07, 6.45) is 0. The van der Waals surface area contributed by atoms with Gasteiger partial charge in [-0.15, -0.1) is 0 Å². The molecule has 2 heteroatoms. The van der Waals surface area contributed by atoms with E-state index in [2.05, 4.69) is 22.6 Å². The minimum absolute atomic E-state index is 0.928. The average Bonchev–Trinajstić information content (AvgIpc) is 2.05. The molecule has 0 saturated heterocycles. The fourth-order valence-corrected chi connectivity index (χ4v) is 1.28. The van der Waals surface area contributed by atoms with E-state index in [4.69, 9.17) is 12.2 Å². The van der Waals surface area contributed by atoms with Crippen molar-refractivity contribution < 1.29 is 0 Å². The highest BCUT2D eigenvalue weighted by molar-refractivity contribution is 14.1. The predicted octanol–water partition coefficient (Wildman–Crippen LogP) is 2.84. The lowest BCUT2D eigenvalue weighted by atomic mass is 10.2. The van der Waals surface area contributed by atoms with E-state index in [1.165, 1.54) is 5.56 Å². The molecule has 0 aliphatic rings. The lowest BCUT2D eigenvalue weighted by Gasteiger charge is -1.96. The van der Waals surface area contributed by atoms with E-state index >= 15 is 0 Å². The van der Waals surface area contributed by atoms with Gasteiger partial charge in [0, 0.05) is 9.29 Å². The maximum Gasteiger partial charge on any atom is 0.0355 e. The highest BCUT2D eigenvalue weighted by Gasteiger charge is 1.94. The van der Waals surface area contributed by atoms with E-state index in [1.54, 1.807) is 0 Å². The van der Waals surface area contributed by atoms with Crippen LogP contribution in [0.3, 0.4) is 0 Å². The number of thiocarbonyl (C=S) groups is 1. The number of alkyl halides is 1. The van der Waals surface area contributed by atoms with Gasteiger partial charge in [-0.3, -0.25) is 0 Å². The molecule has 0 fully saturated rings. The van der Waals surface area contributed by atoms with E-state index in [-0.39, 0.29) is 0 Å². The summed E-state index contributed by atoms with van der Waals surface area (Å²) in [7, 11) is 0. The third-order valence-corrected chi connectivity index (χ3v) is 2.88. The molecule has 0 aliphatic carbocycles. The van der Waals surface area contributed by atoms with E-state index in [9.17, 15) is 0 Å². The van der Waals surface area contributed by atoms with Gasteiger partial charge >= 0.3 is 0 Å². The van der Waals surface area contributed by atoms with E-state index in [0.717, 1.165) is 9.29 Å². The molecule has 1 rings (SSSR count). The van der Waals surface area contributed by atoms with Crippen LogP contribution in [0.5, 0.6) is 0 Å². The molecule has 0 unspecified atom stereocenters. The van der Waals surface area contributed by atoms with Crippen LogP contribution in [0.2, 0.25) is 0 Å². The van der Waals surface area contributed by atoms with Gasteiger partial charge in [0.2, 0.25) is 0 Å². The molecule has 0 atom stereocenters. The number of rotatable bonds is 2. The molecule has 1 aromatic rings. The number of benzene rings is 1. The van der Waals surface area contributed by atoms with E-state index < -0.39 is 0 Å².